The number of fused-ring (bicyclic) bond motifs is 1. The maximum absolute atomic E-state index is 10.9. The summed E-state index contributed by atoms with van der Waals surface area (Å²) in [6.07, 6.45) is 0. The number of aromatic nitrogens is 1. The molecule has 0 radical (unpaired) electrons. The average Bonchev–Trinajstić information content (AvgIpc) is 2.71. The number of hydrogen-bond donors (Lipinski definition) is 1. The van der Waals surface area contributed by atoms with E-state index in [9.17, 15) is 4.79 Å². The number of rotatable bonds is 3. The Morgan fingerprint density at radius 1 is 1.50 bits per heavy atom. The molecule has 1 unspecified atom stereocenters. The zero-order valence-electron chi connectivity index (χ0n) is 10.0. The highest BCUT2D eigenvalue weighted by Gasteiger charge is 2.36. The highest BCUT2D eigenvalue weighted by Crippen LogP contribution is 2.37. The minimum absolute atomic E-state index is 0.253. The van der Waals surface area contributed by atoms with Gasteiger partial charge in [-0.3, -0.25) is 4.79 Å². The standard InChI is InChI=1S/C13H14N2O2S/c1-8(13(16)17)9-6-15(7-9)12-10-4-2-3-5-11(10)14-18-12/h2-5,8-9H,6-7H2,1H3,(H,16,17). The van der Waals surface area contributed by atoms with Crippen LogP contribution >= 0.6 is 11.5 Å². The van der Waals surface area contributed by atoms with E-state index in [1.54, 1.807) is 6.92 Å². The van der Waals surface area contributed by atoms with Gasteiger partial charge in [0.15, 0.2) is 0 Å². The SMILES string of the molecule is CC(C(=O)O)C1CN(c2snc3ccccc23)C1. The van der Waals surface area contributed by atoms with E-state index in [1.165, 1.54) is 21.9 Å². The molecule has 2 aromatic rings. The number of hydrogen-bond acceptors (Lipinski definition) is 4. The minimum Gasteiger partial charge on any atom is -0.481 e. The summed E-state index contributed by atoms with van der Waals surface area (Å²) in [7, 11) is 0. The van der Waals surface area contributed by atoms with Gasteiger partial charge in [-0.1, -0.05) is 19.1 Å². The van der Waals surface area contributed by atoms with Crippen LogP contribution in [0.15, 0.2) is 24.3 Å². The topological polar surface area (TPSA) is 53.4 Å². The first-order valence-corrected chi connectivity index (χ1v) is 6.76. The van der Waals surface area contributed by atoms with Crippen molar-refractivity contribution in [1.29, 1.82) is 0 Å². The van der Waals surface area contributed by atoms with Crippen LogP contribution in [0.2, 0.25) is 0 Å². The Hall–Kier alpha value is -1.62. The Morgan fingerprint density at radius 3 is 2.94 bits per heavy atom. The van der Waals surface area contributed by atoms with Crippen molar-refractivity contribution in [2.75, 3.05) is 18.0 Å². The molecule has 5 heteroatoms. The van der Waals surface area contributed by atoms with Gasteiger partial charge < -0.3 is 10.0 Å². The predicted octanol–water partition coefficient (Wildman–Crippen LogP) is 2.45. The van der Waals surface area contributed by atoms with Crippen LogP contribution < -0.4 is 4.90 Å². The Bertz CT molecular complexity index is 589. The van der Waals surface area contributed by atoms with Crippen molar-refractivity contribution < 1.29 is 9.90 Å². The molecule has 2 heterocycles. The average molecular weight is 262 g/mol. The van der Waals surface area contributed by atoms with Crippen LogP contribution in [0, 0.1) is 11.8 Å². The van der Waals surface area contributed by atoms with E-state index in [2.05, 4.69) is 15.3 Å². The molecule has 1 fully saturated rings. The maximum atomic E-state index is 10.9. The summed E-state index contributed by atoms with van der Waals surface area (Å²) in [4.78, 5) is 13.1. The number of aliphatic carboxylic acids is 1. The number of carboxylic acid groups (broad SMARTS) is 1. The monoisotopic (exact) mass is 262 g/mol. The molecule has 1 N–H and O–H groups in total. The van der Waals surface area contributed by atoms with Crippen LogP contribution in [0.5, 0.6) is 0 Å². The van der Waals surface area contributed by atoms with E-state index in [0.29, 0.717) is 0 Å². The van der Waals surface area contributed by atoms with Gasteiger partial charge in [-0.05, 0) is 23.7 Å². The third-order valence-electron chi connectivity index (χ3n) is 3.66. The fourth-order valence-electron chi connectivity index (χ4n) is 2.30. The van der Waals surface area contributed by atoms with Crippen molar-refractivity contribution in [2.24, 2.45) is 11.8 Å². The van der Waals surface area contributed by atoms with E-state index in [1.807, 2.05) is 18.2 Å². The molecule has 94 valence electrons. The lowest BCUT2D eigenvalue weighted by Gasteiger charge is -2.41. The second-order valence-corrected chi connectivity index (χ2v) is 5.55. The van der Waals surface area contributed by atoms with Crippen LogP contribution in [0.25, 0.3) is 10.9 Å². The first-order chi connectivity index (χ1) is 8.66. The molecule has 4 nitrogen and oxygen atoms in total. The van der Waals surface area contributed by atoms with Crippen molar-refractivity contribution in [3.8, 4) is 0 Å². The predicted molar refractivity (Wildman–Crippen MR) is 72.1 cm³/mol. The first-order valence-electron chi connectivity index (χ1n) is 5.99. The van der Waals surface area contributed by atoms with Gasteiger partial charge >= 0.3 is 5.97 Å². The van der Waals surface area contributed by atoms with E-state index in [0.717, 1.165) is 18.6 Å². The van der Waals surface area contributed by atoms with Gasteiger partial charge in [0.25, 0.3) is 0 Å². The van der Waals surface area contributed by atoms with Crippen molar-refractivity contribution >= 4 is 33.4 Å². The molecule has 1 aromatic carbocycles. The molecular weight excluding hydrogens is 248 g/mol. The summed E-state index contributed by atoms with van der Waals surface area (Å²) < 4.78 is 4.41. The molecule has 1 aromatic heterocycles. The Kier molecular flexibility index (Phi) is 2.70. The normalized spacial score (nSPS) is 17.7. The smallest absolute Gasteiger partial charge is 0.306 e. The van der Waals surface area contributed by atoms with Crippen molar-refractivity contribution in [3.05, 3.63) is 24.3 Å². The summed E-state index contributed by atoms with van der Waals surface area (Å²) in [6.45, 7) is 3.43. The van der Waals surface area contributed by atoms with Gasteiger partial charge in [0.1, 0.15) is 5.00 Å². The first kappa shape index (κ1) is 11.5. The summed E-state index contributed by atoms with van der Waals surface area (Å²) in [5.41, 5.74) is 1.02. The molecule has 0 amide bonds. The van der Waals surface area contributed by atoms with E-state index in [4.69, 9.17) is 5.11 Å². The van der Waals surface area contributed by atoms with Gasteiger partial charge in [-0.15, -0.1) is 0 Å². The fourth-order valence-corrected chi connectivity index (χ4v) is 3.18. The van der Waals surface area contributed by atoms with E-state index < -0.39 is 5.97 Å². The molecule has 1 atom stereocenters. The summed E-state index contributed by atoms with van der Waals surface area (Å²) in [5.74, 6) is -0.711. The Labute approximate surface area is 109 Å². The highest BCUT2D eigenvalue weighted by atomic mass is 32.1. The van der Waals surface area contributed by atoms with Crippen molar-refractivity contribution in [3.63, 3.8) is 0 Å². The summed E-state index contributed by atoms with van der Waals surface area (Å²) in [5, 5.41) is 11.3. The van der Waals surface area contributed by atoms with Crippen LogP contribution in [-0.4, -0.2) is 28.5 Å². The molecule has 1 aliphatic heterocycles. The van der Waals surface area contributed by atoms with Crippen LogP contribution in [0.1, 0.15) is 6.92 Å². The fraction of sp³-hybridized carbons (Fsp3) is 0.385. The van der Waals surface area contributed by atoms with Gasteiger partial charge in [0, 0.05) is 24.4 Å². The molecule has 1 aliphatic rings. The molecule has 1 saturated heterocycles. The van der Waals surface area contributed by atoms with Crippen molar-refractivity contribution in [2.45, 2.75) is 6.92 Å². The minimum atomic E-state index is -0.700. The van der Waals surface area contributed by atoms with Gasteiger partial charge in [-0.2, -0.15) is 4.37 Å². The molecule has 3 rings (SSSR count). The number of carbonyl (C=O) groups is 1. The summed E-state index contributed by atoms with van der Waals surface area (Å²) >= 11 is 1.50. The molecule has 18 heavy (non-hydrogen) atoms. The highest BCUT2D eigenvalue weighted by molar-refractivity contribution is 7.11. The molecule has 0 bridgehead atoms. The third-order valence-corrected chi connectivity index (χ3v) is 4.60. The zero-order chi connectivity index (χ0) is 12.7. The van der Waals surface area contributed by atoms with Crippen LogP contribution in [0.4, 0.5) is 5.00 Å². The number of benzene rings is 1. The van der Waals surface area contributed by atoms with Crippen LogP contribution in [0.3, 0.4) is 0 Å². The largest absolute Gasteiger partial charge is 0.481 e. The van der Waals surface area contributed by atoms with E-state index in [-0.39, 0.29) is 11.8 Å². The third kappa shape index (κ3) is 1.75. The molecule has 0 aliphatic carbocycles. The second kappa shape index (κ2) is 4.24. The van der Waals surface area contributed by atoms with Gasteiger partial charge in [0.05, 0.1) is 11.4 Å². The van der Waals surface area contributed by atoms with Gasteiger partial charge in [0.2, 0.25) is 0 Å². The second-order valence-electron chi connectivity index (χ2n) is 4.80. The quantitative estimate of drug-likeness (QED) is 0.923. The zero-order valence-corrected chi connectivity index (χ0v) is 10.9. The lowest BCUT2D eigenvalue weighted by Crippen LogP contribution is -2.50. The lowest BCUT2D eigenvalue weighted by molar-refractivity contribution is -0.143. The number of anilines is 1. The number of carboxylic acids is 1. The van der Waals surface area contributed by atoms with Crippen LogP contribution in [-0.2, 0) is 4.79 Å². The Morgan fingerprint density at radius 2 is 2.22 bits per heavy atom. The van der Waals surface area contributed by atoms with E-state index >= 15 is 0 Å². The molecule has 0 saturated carbocycles. The Balaban J connectivity index is 1.77. The summed E-state index contributed by atoms with van der Waals surface area (Å²) in [6, 6.07) is 8.07. The number of nitrogens with zero attached hydrogens (tertiary/aromatic N) is 2. The van der Waals surface area contributed by atoms with Gasteiger partial charge in [-0.25, -0.2) is 0 Å². The lowest BCUT2D eigenvalue weighted by atomic mass is 9.87. The molecular formula is C13H14N2O2S. The van der Waals surface area contributed by atoms with Crippen molar-refractivity contribution in [1.82, 2.24) is 4.37 Å². The maximum Gasteiger partial charge on any atom is 0.306 e. The molecule has 0 spiro atoms.